The normalized spacial score (nSPS) is 35.5. The number of carbonyl (C=O) groups excluding carboxylic acids is 3. The fourth-order valence-corrected chi connectivity index (χ4v) is 7.32. The molecular formula is C28H43N3O5. The van der Waals surface area contributed by atoms with Gasteiger partial charge in [0.05, 0.1) is 30.1 Å². The van der Waals surface area contributed by atoms with Crippen LogP contribution in [0.2, 0.25) is 0 Å². The fraction of sp³-hybridized carbons (Fsp3) is 0.750. The molecule has 0 saturated carbocycles. The molecule has 0 aromatic carbocycles. The van der Waals surface area contributed by atoms with Gasteiger partial charge in [0.2, 0.25) is 17.7 Å². The Hall–Kier alpha value is -2.19. The second kappa shape index (κ2) is 8.69. The minimum Gasteiger partial charge on any atom is -0.394 e. The summed E-state index contributed by atoms with van der Waals surface area (Å²) in [5, 5.41) is 10.1. The number of carbonyl (C=O) groups is 3. The number of aliphatic hydroxyl groups excluding tert-OH is 1. The number of aliphatic hydroxyl groups is 1. The number of ether oxygens (including phenoxy) is 1. The van der Waals surface area contributed by atoms with Crippen molar-refractivity contribution in [2.24, 2.45) is 17.3 Å². The average Bonchev–Trinajstić information content (AvgIpc) is 3.08. The lowest BCUT2D eigenvalue weighted by Gasteiger charge is -2.45. The van der Waals surface area contributed by atoms with Crippen LogP contribution < -0.4 is 0 Å². The first kappa shape index (κ1) is 26.9. The number of likely N-dealkylation sites (N-methyl/N-ethyl adjacent to an activating group) is 1. The quantitative estimate of drug-likeness (QED) is 0.584. The first-order valence-electron chi connectivity index (χ1n) is 13.2. The van der Waals surface area contributed by atoms with Crippen LogP contribution in [-0.4, -0.2) is 93.1 Å². The van der Waals surface area contributed by atoms with Crippen molar-refractivity contribution in [3.8, 4) is 0 Å². The van der Waals surface area contributed by atoms with Crippen molar-refractivity contribution in [1.29, 1.82) is 0 Å². The molecule has 3 amide bonds. The third-order valence-electron chi connectivity index (χ3n) is 8.51. The van der Waals surface area contributed by atoms with Crippen LogP contribution >= 0.6 is 0 Å². The van der Waals surface area contributed by atoms with Gasteiger partial charge in [-0.15, -0.1) is 0 Å². The van der Waals surface area contributed by atoms with Gasteiger partial charge >= 0.3 is 0 Å². The molecule has 0 aromatic heterocycles. The van der Waals surface area contributed by atoms with Gasteiger partial charge in [-0.3, -0.25) is 14.4 Å². The molecule has 4 aliphatic heterocycles. The fourth-order valence-electron chi connectivity index (χ4n) is 7.32. The molecule has 36 heavy (non-hydrogen) atoms. The summed E-state index contributed by atoms with van der Waals surface area (Å²) in [4.78, 5) is 47.4. The zero-order valence-corrected chi connectivity index (χ0v) is 23.1. The predicted octanol–water partition coefficient (Wildman–Crippen LogP) is 2.37. The van der Waals surface area contributed by atoms with E-state index in [0.717, 1.165) is 6.42 Å². The van der Waals surface area contributed by atoms with Gasteiger partial charge in [0.25, 0.3) is 0 Å². The zero-order valence-electron chi connectivity index (χ0n) is 23.1. The highest BCUT2D eigenvalue weighted by atomic mass is 16.5. The van der Waals surface area contributed by atoms with Gasteiger partial charge in [0.1, 0.15) is 11.6 Å². The molecule has 8 nitrogen and oxygen atoms in total. The number of fused-ring (bicyclic) bond motifs is 2. The number of amides is 3. The Bertz CT molecular complexity index is 998. The molecular weight excluding hydrogens is 458 g/mol. The molecule has 4 heterocycles. The van der Waals surface area contributed by atoms with Crippen LogP contribution in [0.25, 0.3) is 0 Å². The average molecular weight is 502 g/mol. The van der Waals surface area contributed by atoms with Crippen molar-refractivity contribution in [1.82, 2.24) is 14.7 Å². The van der Waals surface area contributed by atoms with Crippen molar-refractivity contribution >= 4 is 17.7 Å². The Labute approximate surface area is 215 Å². The van der Waals surface area contributed by atoms with E-state index >= 15 is 0 Å². The monoisotopic (exact) mass is 501 g/mol. The number of nitrogens with zero attached hydrogens (tertiary/aromatic N) is 3. The molecule has 2 fully saturated rings. The Morgan fingerprint density at radius 3 is 2.25 bits per heavy atom. The molecule has 1 spiro atoms. The molecule has 0 aliphatic carbocycles. The van der Waals surface area contributed by atoms with Crippen molar-refractivity contribution in [2.45, 2.75) is 90.1 Å². The predicted molar refractivity (Wildman–Crippen MR) is 137 cm³/mol. The summed E-state index contributed by atoms with van der Waals surface area (Å²) in [6.45, 7) is 14.8. The van der Waals surface area contributed by atoms with Gasteiger partial charge in [0, 0.05) is 25.7 Å². The molecule has 4 aliphatic rings. The van der Waals surface area contributed by atoms with Gasteiger partial charge in [-0.2, -0.15) is 0 Å². The van der Waals surface area contributed by atoms with Crippen molar-refractivity contribution in [2.75, 3.05) is 26.7 Å². The molecule has 6 atom stereocenters. The smallest absolute Gasteiger partial charge is 0.249 e. The van der Waals surface area contributed by atoms with E-state index in [1.54, 1.807) is 18.9 Å². The molecule has 1 N–H and O–H groups in total. The zero-order chi connectivity index (χ0) is 26.8. The van der Waals surface area contributed by atoms with Crippen LogP contribution in [0.4, 0.5) is 0 Å². The summed E-state index contributed by atoms with van der Waals surface area (Å²) in [5.41, 5.74) is -2.77. The van der Waals surface area contributed by atoms with Crippen LogP contribution in [0.15, 0.2) is 24.3 Å². The topological polar surface area (TPSA) is 90.4 Å². The summed E-state index contributed by atoms with van der Waals surface area (Å²) in [5.74, 6) is -2.24. The maximum absolute atomic E-state index is 14.5. The van der Waals surface area contributed by atoms with E-state index in [9.17, 15) is 19.5 Å². The van der Waals surface area contributed by atoms with Crippen LogP contribution in [0.5, 0.6) is 0 Å². The van der Waals surface area contributed by atoms with E-state index in [1.807, 2.05) is 36.1 Å². The Morgan fingerprint density at radius 2 is 1.67 bits per heavy atom. The number of likely N-dealkylation sites (tertiary alicyclic amines) is 1. The third-order valence-corrected chi connectivity index (χ3v) is 8.51. The van der Waals surface area contributed by atoms with Crippen LogP contribution in [0.1, 0.15) is 61.3 Å². The molecule has 0 aromatic rings. The number of rotatable bonds is 5. The molecule has 0 bridgehead atoms. The van der Waals surface area contributed by atoms with Gasteiger partial charge in [-0.1, -0.05) is 52.0 Å². The molecule has 4 rings (SSSR count). The van der Waals surface area contributed by atoms with Crippen molar-refractivity contribution in [3.05, 3.63) is 24.3 Å². The number of hydrogen-bond donors (Lipinski definition) is 1. The number of hydrogen-bond acceptors (Lipinski definition) is 5. The van der Waals surface area contributed by atoms with Gasteiger partial charge in [-0.05, 0) is 39.0 Å². The third kappa shape index (κ3) is 3.83. The van der Waals surface area contributed by atoms with Gasteiger partial charge in [-0.25, -0.2) is 0 Å². The summed E-state index contributed by atoms with van der Waals surface area (Å²) >= 11 is 0. The van der Waals surface area contributed by atoms with Gasteiger partial charge < -0.3 is 24.5 Å². The maximum Gasteiger partial charge on any atom is 0.249 e. The van der Waals surface area contributed by atoms with E-state index in [1.165, 1.54) is 4.90 Å². The lowest BCUT2D eigenvalue weighted by molar-refractivity contribution is -0.159. The van der Waals surface area contributed by atoms with E-state index in [0.29, 0.717) is 19.5 Å². The Kier molecular flexibility index (Phi) is 6.48. The Balaban J connectivity index is 1.90. The highest BCUT2D eigenvalue weighted by Crippen LogP contribution is 2.59. The van der Waals surface area contributed by atoms with Crippen molar-refractivity contribution < 1.29 is 24.2 Å². The minimum atomic E-state index is -1.29. The van der Waals surface area contributed by atoms with Crippen LogP contribution in [0, 0.1) is 17.3 Å². The second-order valence-electron chi connectivity index (χ2n) is 12.9. The second-order valence-corrected chi connectivity index (χ2v) is 12.9. The maximum atomic E-state index is 14.5. The molecule has 1 unspecified atom stereocenters. The lowest BCUT2D eigenvalue weighted by atomic mass is 9.73. The van der Waals surface area contributed by atoms with Crippen LogP contribution in [0.3, 0.4) is 0 Å². The lowest BCUT2D eigenvalue weighted by Crippen LogP contribution is -2.61. The van der Waals surface area contributed by atoms with Crippen molar-refractivity contribution in [3.63, 3.8) is 0 Å². The van der Waals surface area contributed by atoms with E-state index in [4.69, 9.17) is 4.74 Å². The highest BCUT2D eigenvalue weighted by molar-refractivity contribution is 6.00. The molecule has 8 heteroatoms. The highest BCUT2D eigenvalue weighted by Gasteiger charge is 2.75. The Morgan fingerprint density at radius 1 is 1.03 bits per heavy atom. The summed E-state index contributed by atoms with van der Waals surface area (Å²) < 4.78 is 6.91. The first-order chi connectivity index (χ1) is 16.7. The standard InChI is InChI=1S/C28H43N3O5/c1-9-27-12-10-14-29(8)22(33)19(27)20-23(34)31(18(2)16-32)21-24(35)30(15-11-13-28(20,21)36-27)26(6,7)17-25(3,4)5/h10-13,18-21,32H,9,14-17H2,1-8H3/t18-,19-,20+,21?,27+,28+/m1/s1. The van der Waals surface area contributed by atoms with Gasteiger partial charge in [0.15, 0.2) is 0 Å². The largest absolute Gasteiger partial charge is 0.394 e. The minimum absolute atomic E-state index is 0.0191. The molecule has 0 radical (unpaired) electrons. The summed E-state index contributed by atoms with van der Waals surface area (Å²) in [6, 6.07) is -1.56. The molecule has 2 saturated heterocycles. The van der Waals surface area contributed by atoms with E-state index in [2.05, 4.69) is 34.6 Å². The summed E-state index contributed by atoms with van der Waals surface area (Å²) in [7, 11) is 1.74. The van der Waals surface area contributed by atoms with Crippen LogP contribution in [-0.2, 0) is 19.1 Å². The summed E-state index contributed by atoms with van der Waals surface area (Å²) in [6.07, 6.45) is 8.93. The van der Waals surface area contributed by atoms with E-state index < -0.39 is 40.7 Å². The molecule has 200 valence electrons. The first-order valence-corrected chi connectivity index (χ1v) is 13.2. The van der Waals surface area contributed by atoms with E-state index in [-0.39, 0.29) is 29.7 Å². The SMILES string of the molecule is CC[C@]12C=CCN(C)C(=O)[C@H]1[C@H]1C(=O)N([C@H](C)CO)C3C(=O)N(C(C)(C)CC(C)(C)C)CC=C[C@@]31O2.